The number of hydrogen-bond donors (Lipinski definition) is 1. The minimum atomic E-state index is -0.992. The fraction of sp³-hybridized carbons (Fsp3) is 0.579. The fourth-order valence-corrected chi connectivity index (χ4v) is 3.98. The van der Waals surface area contributed by atoms with Crippen LogP contribution >= 0.6 is 0 Å². The number of carboxylic acid groups (broad SMARTS) is 1. The molecule has 2 rings (SSSR count). The van der Waals surface area contributed by atoms with Gasteiger partial charge in [-0.2, -0.15) is 0 Å². The second-order valence-electron chi connectivity index (χ2n) is 7.01. The summed E-state index contributed by atoms with van der Waals surface area (Å²) in [5.74, 6) is -0.699. The van der Waals surface area contributed by atoms with Crippen LogP contribution in [-0.4, -0.2) is 16.9 Å². The molecular formula is C19H26O3. The normalized spacial score (nSPS) is 28.0. The van der Waals surface area contributed by atoms with E-state index in [2.05, 4.69) is 33.4 Å². The Hall–Kier alpha value is -1.64. The molecule has 3 nitrogen and oxygen atoms in total. The summed E-state index contributed by atoms with van der Waals surface area (Å²) in [6, 6.07) is 0. The third kappa shape index (κ3) is 3.08. The van der Waals surface area contributed by atoms with Gasteiger partial charge in [-0.05, 0) is 56.4 Å². The van der Waals surface area contributed by atoms with Crippen molar-refractivity contribution in [1.82, 2.24) is 0 Å². The van der Waals surface area contributed by atoms with Gasteiger partial charge in [0.1, 0.15) is 0 Å². The van der Waals surface area contributed by atoms with Gasteiger partial charge in [0, 0.05) is 6.42 Å². The summed E-state index contributed by atoms with van der Waals surface area (Å²) in [4.78, 5) is 23.1. The monoisotopic (exact) mass is 302 g/mol. The van der Waals surface area contributed by atoms with E-state index in [9.17, 15) is 9.59 Å². The van der Waals surface area contributed by atoms with E-state index in [4.69, 9.17) is 5.11 Å². The van der Waals surface area contributed by atoms with Crippen LogP contribution in [0.15, 0.2) is 34.9 Å². The molecule has 120 valence electrons. The molecule has 0 aromatic heterocycles. The molecule has 0 radical (unpaired) electrons. The van der Waals surface area contributed by atoms with Gasteiger partial charge in [0.15, 0.2) is 5.78 Å². The number of ketones is 1. The first-order chi connectivity index (χ1) is 10.3. The van der Waals surface area contributed by atoms with E-state index >= 15 is 0 Å². The van der Waals surface area contributed by atoms with Crippen LogP contribution in [0, 0.1) is 11.3 Å². The predicted octanol–water partition coefficient (Wildman–Crippen LogP) is 4.45. The second-order valence-corrected chi connectivity index (χ2v) is 7.01. The van der Waals surface area contributed by atoms with E-state index in [0.29, 0.717) is 12.3 Å². The number of rotatable bonds is 5. The van der Waals surface area contributed by atoms with Gasteiger partial charge in [-0.3, -0.25) is 9.59 Å². The summed E-state index contributed by atoms with van der Waals surface area (Å²) in [6.45, 7) is 10.3. The SMILES string of the molecule is C=C(CC(=O)O)C(=O)CC1=C(C)CC[C@@]2(C)C(C)=CCC[C@H]12. The molecule has 0 unspecified atom stereocenters. The van der Waals surface area contributed by atoms with Crippen molar-refractivity contribution in [1.29, 1.82) is 0 Å². The van der Waals surface area contributed by atoms with Crippen molar-refractivity contribution in [3.05, 3.63) is 34.9 Å². The molecule has 22 heavy (non-hydrogen) atoms. The van der Waals surface area contributed by atoms with Gasteiger partial charge in [0.25, 0.3) is 0 Å². The minimum absolute atomic E-state index is 0.117. The molecule has 1 N–H and O–H groups in total. The molecule has 3 heteroatoms. The Bertz CT molecular complexity index is 579. The van der Waals surface area contributed by atoms with Crippen LogP contribution in [-0.2, 0) is 9.59 Å². The zero-order chi connectivity index (χ0) is 16.5. The van der Waals surface area contributed by atoms with E-state index in [-0.39, 0.29) is 23.2 Å². The Morgan fingerprint density at radius 2 is 2.09 bits per heavy atom. The van der Waals surface area contributed by atoms with E-state index in [1.807, 2.05) is 0 Å². The quantitative estimate of drug-likeness (QED) is 0.603. The summed E-state index contributed by atoms with van der Waals surface area (Å²) < 4.78 is 0. The summed E-state index contributed by atoms with van der Waals surface area (Å²) in [7, 11) is 0. The molecule has 0 saturated carbocycles. The first kappa shape index (κ1) is 16.7. The van der Waals surface area contributed by atoms with E-state index in [1.54, 1.807) is 0 Å². The zero-order valence-electron chi connectivity index (χ0n) is 13.9. The number of allylic oxidation sites excluding steroid dienone is 4. The molecule has 0 amide bonds. The first-order valence-corrected chi connectivity index (χ1v) is 8.04. The van der Waals surface area contributed by atoms with Crippen LogP contribution in [0.5, 0.6) is 0 Å². The van der Waals surface area contributed by atoms with E-state index < -0.39 is 5.97 Å². The highest BCUT2D eigenvalue weighted by atomic mass is 16.4. The lowest BCUT2D eigenvalue weighted by Gasteiger charge is -2.47. The van der Waals surface area contributed by atoms with Crippen molar-refractivity contribution in [2.45, 2.75) is 59.3 Å². The van der Waals surface area contributed by atoms with Crippen LogP contribution in [0.3, 0.4) is 0 Å². The van der Waals surface area contributed by atoms with Gasteiger partial charge in [-0.25, -0.2) is 0 Å². The smallest absolute Gasteiger partial charge is 0.307 e. The van der Waals surface area contributed by atoms with Crippen LogP contribution in [0.2, 0.25) is 0 Å². The third-order valence-corrected chi connectivity index (χ3v) is 5.67. The Kier molecular flexibility index (Phi) is 4.74. The molecule has 0 aromatic rings. The predicted molar refractivity (Wildman–Crippen MR) is 87.5 cm³/mol. The average Bonchev–Trinajstić information content (AvgIpc) is 2.43. The molecule has 0 saturated heterocycles. The molecule has 0 heterocycles. The van der Waals surface area contributed by atoms with Crippen molar-refractivity contribution in [2.24, 2.45) is 11.3 Å². The number of hydrogen-bond acceptors (Lipinski definition) is 2. The molecule has 0 bridgehead atoms. The van der Waals surface area contributed by atoms with E-state index in [1.165, 1.54) is 16.7 Å². The van der Waals surface area contributed by atoms with Crippen LogP contribution < -0.4 is 0 Å². The number of carbonyl (C=O) groups is 2. The van der Waals surface area contributed by atoms with Crippen molar-refractivity contribution in [3.63, 3.8) is 0 Å². The maximum Gasteiger partial charge on any atom is 0.307 e. The van der Waals surface area contributed by atoms with Gasteiger partial charge in [0.2, 0.25) is 0 Å². The molecular weight excluding hydrogens is 276 g/mol. The molecule has 0 aromatic carbocycles. The van der Waals surface area contributed by atoms with Gasteiger partial charge in [-0.15, -0.1) is 0 Å². The Morgan fingerprint density at radius 1 is 1.41 bits per heavy atom. The Morgan fingerprint density at radius 3 is 2.73 bits per heavy atom. The van der Waals surface area contributed by atoms with Crippen LogP contribution in [0.1, 0.15) is 59.3 Å². The van der Waals surface area contributed by atoms with Gasteiger partial charge < -0.3 is 5.11 Å². The summed E-state index contributed by atoms with van der Waals surface area (Å²) >= 11 is 0. The highest BCUT2D eigenvalue weighted by Crippen LogP contribution is 2.53. The zero-order valence-corrected chi connectivity index (χ0v) is 13.9. The summed E-state index contributed by atoms with van der Waals surface area (Å²) in [5, 5.41) is 8.82. The fourth-order valence-electron chi connectivity index (χ4n) is 3.98. The summed E-state index contributed by atoms with van der Waals surface area (Å²) in [6.07, 6.45) is 6.72. The average molecular weight is 302 g/mol. The number of aliphatic carboxylic acids is 1. The lowest BCUT2D eigenvalue weighted by atomic mass is 9.57. The van der Waals surface area contributed by atoms with Crippen molar-refractivity contribution >= 4 is 11.8 Å². The number of carboxylic acids is 1. The molecule has 0 spiro atoms. The van der Waals surface area contributed by atoms with Crippen molar-refractivity contribution in [3.8, 4) is 0 Å². The van der Waals surface area contributed by atoms with Gasteiger partial charge in [0.05, 0.1) is 6.42 Å². The number of Topliss-reactive ketones (excluding diaryl/α,β-unsaturated/α-hetero) is 1. The minimum Gasteiger partial charge on any atom is -0.481 e. The third-order valence-electron chi connectivity index (χ3n) is 5.67. The standard InChI is InChI=1S/C19H26O3/c1-12-8-9-19(4)14(3)6-5-7-16(19)15(12)11-17(20)13(2)10-18(21)22/h6,16H,2,5,7-11H2,1,3-4H3,(H,21,22)/t16-,19+/m1/s1. The van der Waals surface area contributed by atoms with Crippen LogP contribution in [0.25, 0.3) is 0 Å². The highest BCUT2D eigenvalue weighted by molar-refractivity contribution is 5.99. The topological polar surface area (TPSA) is 54.4 Å². The van der Waals surface area contributed by atoms with Crippen molar-refractivity contribution < 1.29 is 14.7 Å². The molecule has 2 aliphatic carbocycles. The second kappa shape index (κ2) is 6.23. The summed E-state index contributed by atoms with van der Waals surface area (Å²) in [5.41, 5.74) is 4.35. The van der Waals surface area contributed by atoms with Gasteiger partial charge in [-0.1, -0.05) is 36.3 Å². The Balaban J connectivity index is 2.22. The van der Waals surface area contributed by atoms with E-state index in [0.717, 1.165) is 25.7 Å². The maximum atomic E-state index is 12.3. The Labute approximate surface area is 132 Å². The van der Waals surface area contributed by atoms with Gasteiger partial charge >= 0.3 is 5.97 Å². The molecule has 2 aliphatic rings. The molecule has 2 atom stereocenters. The number of carbonyl (C=O) groups excluding carboxylic acids is 1. The van der Waals surface area contributed by atoms with Crippen molar-refractivity contribution in [2.75, 3.05) is 0 Å². The largest absolute Gasteiger partial charge is 0.481 e. The highest BCUT2D eigenvalue weighted by Gasteiger charge is 2.42. The number of fused-ring (bicyclic) bond motifs is 1. The maximum absolute atomic E-state index is 12.3. The van der Waals surface area contributed by atoms with Crippen LogP contribution in [0.4, 0.5) is 0 Å². The lowest BCUT2D eigenvalue weighted by Crippen LogP contribution is -2.36. The molecule has 0 fully saturated rings. The molecule has 0 aliphatic heterocycles. The lowest BCUT2D eigenvalue weighted by molar-refractivity contribution is -0.137. The first-order valence-electron chi connectivity index (χ1n) is 8.04.